The molecule has 2 rings (SSSR count). The second kappa shape index (κ2) is 2.68. The van der Waals surface area contributed by atoms with E-state index in [4.69, 9.17) is 0 Å². The molecule has 3 heteroatoms. The van der Waals surface area contributed by atoms with Crippen molar-refractivity contribution >= 4 is 39.1 Å². The summed E-state index contributed by atoms with van der Waals surface area (Å²) in [5.41, 5.74) is 1.00. The van der Waals surface area contributed by atoms with Crippen molar-refractivity contribution in [2.45, 2.75) is 0 Å². The zero-order chi connectivity index (χ0) is 7.68. The highest BCUT2D eigenvalue weighted by atomic mass is 32.1. The van der Waals surface area contributed by atoms with Gasteiger partial charge in [-0.05, 0) is 12.1 Å². The molecule has 53 valence electrons. The summed E-state index contributed by atoms with van der Waals surface area (Å²) in [5, 5.41) is 3.40. The number of thiazole rings is 1. The predicted octanol–water partition coefficient (Wildman–Crippen LogP) is 2.52. The van der Waals surface area contributed by atoms with Gasteiger partial charge >= 0.3 is 0 Å². The lowest BCUT2D eigenvalue weighted by Crippen LogP contribution is -1.71. The summed E-state index contributed by atoms with van der Waals surface area (Å²) in [6, 6.07) is 7.97. The van der Waals surface area contributed by atoms with Crippen LogP contribution in [0.25, 0.3) is 10.2 Å². The van der Waals surface area contributed by atoms with E-state index in [1.165, 1.54) is 4.70 Å². The van der Waals surface area contributed by atoms with Crippen molar-refractivity contribution in [2.75, 3.05) is 0 Å². The molecule has 0 spiro atoms. The standard InChI is InChI=1S/C8H4NS2/c10-5-8-9-6-3-1-2-4-7(6)11-8/h1-4H. The second-order valence-corrected chi connectivity index (χ2v) is 3.32. The monoisotopic (exact) mass is 178 g/mol. The van der Waals surface area contributed by atoms with Gasteiger partial charge in [0, 0.05) is 0 Å². The first kappa shape index (κ1) is 6.88. The Hall–Kier alpha value is -0.800. The third kappa shape index (κ3) is 1.17. The molecule has 11 heavy (non-hydrogen) atoms. The van der Waals surface area contributed by atoms with Crippen LogP contribution in [0.3, 0.4) is 0 Å². The Morgan fingerprint density at radius 2 is 2.18 bits per heavy atom. The molecule has 0 fully saturated rings. The fourth-order valence-corrected chi connectivity index (χ4v) is 1.85. The number of hydrogen-bond donors (Lipinski definition) is 0. The number of fused-ring (bicyclic) bond motifs is 1. The molecule has 0 atom stereocenters. The first-order chi connectivity index (χ1) is 5.40. The predicted molar refractivity (Wildman–Crippen MR) is 51.3 cm³/mol. The molecule has 0 N–H and O–H groups in total. The second-order valence-electron chi connectivity index (χ2n) is 2.09. The Morgan fingerprint density at radius 1 is 1.36 bits per heavy atom. The van der Waals surface area contributed by atoms with Crippen molar-refractivity contribution in [1.29, 1.82) is 0 Å². The van der Waals surface area contributed by atoms with Crippen LogP contribution in [-0.4, -0.2) is 10.4 Å². The number of hydrogen-bond acceptors (Lipinski definition) is 3. The number of benzene rings is 1. The van der Waals surface area contributed by atoms with E-state index in [1.807, 2.05) is 24.3 Å². The van der Waals surface area contributed by atoms with Crippen LogP contribution < -0.4 is 0 Å². The number of para-hydroxylation sites is 1. The Balaban J connectivity index is 2.78. The van der Waals surface area contributed by atoms with Gasteiger partial charge in [-0.25, -0.2) is 4.98 Å². The normalized spacial score (nSPS) is 10.2. The maximum absolute atomic E-state index is 4.66. The number of rotatable bonds is 1. The fraction of sp³-hybridized carbons (Fsp3) is 0. The van der Waals surface area contributed by atoms with Gasteiger partial charge in [-0.2, -0.15) is 0 Å². The summed E-state index contributed by atoms with van der Waals surface area (Å²) in [6.07, 6.45) is 0. The molecule has 1 nitrogen and oxygen atoms in total. The Bertz CT molecular complexity index is 359. The largest absolute Gasteiger partial charge is 0.235 e. The van der Waals surface area contributed by atoms with Crippen molar-refractivity contribution < 1.29 is 0 Å². The van der Waals surface area contributed by atoms with Crippen molar-refractivity contribution in [3.63, 3.8) is 0 Å². The van der Waals surface area contributed by atoms with Gasteiger partial charge in [-0.3, -0.25) is 0 Å². The van der Waals surface area contributed by atoms with Gasteiger partial charge in [-0.1, -0.05) is 24.4 Å². The van der Waals surface area contributed by atoms with Crippen LogP contribution >= 0.6 is 23.6 Å². The van der Waals surface area contributed by atoms with E-state index in [1.54, 1.807) is 11.3 Å². The van der Waals surface area contributed by atoms with Crippen molar-refractivity contribution in [2.24, 2.45) is 0 Å². The lowest BCUT2D eigenvalue weighted by atomic mass is 10.3. The molecular weight excluding hydrogens is 174 g/mol. The number of aromatic nitrogens is 1. The molecule has 1 aromatic heterocycles. The van der Waals surface area contributed by atoms with Crippen LogP contribution in [0.15, 0.2) is 24.3 Å². The summed E-state index contributed by atoms with van der Waals surface area (Å²) < 4.78 is 1.17. The molecule has 0 saturated heterocycles. The van der Waals surface area contributed by atoms with Crippen LogP contribution in [0.4, 0.5) is 0 Å². The van der Waals surface area contributed by atoms with Gasteiger partial charge in [-0.15, -0.1) is 11.3 Å². The van der Waals surface area contributed by atoms with Gasteiger partial charge in [0.2, 0.25) is 0 Å². The molecule has 0 unspecified atom stereocenters. The molecule has 0 amide bonds. The Morgan fingerprint density at radius 3 is 2.91 bits per heavy atom. The summed E-state index contributed by atoms with van der Waals surface area (Å²) in [5.74, 6) is 0. The third-order valence-electron chi connectivity index (χ3n) is 1.38. The van der Waals surface area contributed by atoms with Gasteiger partial charge in [0.25, 0.3) is 0 Å². The molecule has 2 aromatic rings. The van der Waals surface area contributed by atoms with Crippen molar-refractivity contribution in [3.8, 4) is 0 Å². The van der Waals surface area contributed by atoms with E-state index in [9.17, 15) is 0 Å². The summed E-state index contributed by atoms with van der Waals surface area (Å²) in [7, 11) is 0. The van der Waals surface area contributed by atoms with Crippen molar-refractivity contribution in [3.05, 3.63) is 29.3 Å². The van der Waals surface area contributed by atoms with E-state index in [2.05, 4.69) is 22.6 Å². The van der Waals surface area contributed by atoms with Crippen LogP contribution in [0, 0.1) is 0 Å². The molecule has 0 bridgehead atoms. The van der Waals surface area contributed by atoms with E-state index in [0.717, 1.165) is 10.5 Å². The van der Waals surface area contributed by atoms with E-state index in [0.29, 0.717) is 0 Å². The zero-order valence-electron chi connectivity index (χ0n) is 5.57. The summed E-state index contributed by atoms with van der Waals surface area (Å²) in [4.78, 5) is 4.23. The maximum Gasteiger partial charge on any atom is 0.137 e. The van der Waals surface area contributed by atoms with Crippen LogP contribution in [0.1, 0.15) is 5.01 Å². The highest BCUT2D eigenvalue weighted by Crippen LogP contribution is 2.19. The first-order valence-corrected chi connectivity index (χ1v) is 4.36. The molecular formula is C8H4NS2. The van der Waals surface area contributed by atoms with Crippen LogP contribution in [0.5, 0.6) is 0 Å². The van der Waals surface area contributed by atoms with Gasteiger partial charge < -0.3 is 0 Å². The van der Waals surface area contributed by atoms with Gasteiger partial charge in [0.1, 0.15) is 5.01 Å². The molecule has 0 saturated carbocycles. The molecule has 0 aliphatic carbocycles. The van der Waals surface area contributed by atoms with E-state index >= 15 is 0 Å². The number of nitrogens with zero attached hydrogens (tertiary/aromatic N) is 1. The topological polar surface area (TPSA) is 12.9 Å². The van der Waals surface area contributed by atoms with E-state index in [-0.39, 0.29) is 0 Å². The zero-order valence-corrected chi connectivity index (χ0v) is 7.21. The van der Waals surface area contributed by atoms with Crippen LogP contribution in [-0.2, 0) is 0 Å². The minimum absolute atomic E-state index is 0.793. The average Bonchev–Trinajstić information content (AvgIpc) is 2.46. The molecule has 0 aliphatic rings. The van der Waals surface area contributed by atoms with Gasteiger partial charge in [0.05, 0.1) is 15.6 Å². The molecule has 0 aliphatic heterocycles. The minimum atomic E-state index is 0.793. The third-order valence-corrected chi connectivity index (χ3v) is 2.66. The SMILES string of the molecule is S=[C]c1nc2ccccc2s1. The lowest BCUT2D eigenvalue weighted by Gasteiger charge is -1.80. The quantitative estimate of drug-likeness (QED) is 0.622. The molecule has 1 aromatic carbocycles. The molecule has 1 radical (unpaired) electrons. The smallest absolute Gasteiger partial charge is 0.137 e. The molecule has 1 heterocycles. The van der Waals surface area contributed by atoms with Crippen LogP contribution in [0.2, 0.25) is 0 Å². The highest BCUT2D eigenvalue weighted by Gasteiger charge is 1.98. The summed E-state index contributed by atoms with van der Waals surface area (Å²) >= 11 is 6.23. The lowest BCUT2D eigenvalue weighted by molar-refractivity contribution is 1.48. The Kier molecular flexibility index (Phi) is 1.68. The highest BCUT2D eigenvalue weighted by molar-refractivity contribution is 7.79. The first-order valence-electron chi connectivity index (χ1n) is 3.14. The average molecular weight is 178 g/mol. The maximum atomic E-state index is 4.66. The number of thiocarbonyl (C=S) groups is 1. The Labute approximate surface area is 73.7 Å². The minimum Gasteiger partial charge on any atom is -0.235 e. The van der Waals surface area contributed by atoms with E-state index < -0.39 is 0 Å². The van der Waals surface area contributed by atoms with Crippen molar-refractivity contribution in [1.82, 2.24) is 4.98 Å². The summed E-state index contributed by atoms with van der Waals surface area (Å²) in [6.45, 7) is 0. The van der Waals surface area contributed by atoms with Gasteiger partial charge in [0.15, 0.2) is 0 Å². The fourth-order valence-electron chi connectivity index (χ4n) is 0.916.